The maximum atomic E-state index is 2.29. The van der Waals surface area contributed by atoms with Gasteiger partial charge in [0, 0.05) is 0 Å². The molecule has 14 heavy (non-hydrogen) atoms. The number of hydrogen-bond donors (Lipinski definition) is 0. The lowest BCUT2D eigenvalue weighted by Crippen LogP contribution is -1.95. The lowest BCUT2D eigenvalue weighted by Gasteiger charge is -2.05. The average Bonchev–Trinajstić information content (AvgIpc) is 2.58. The molecule has 0 N–H and O–H groups in total. The van der Waals surface area contributed by atoms with Gasteiger partial charge in [0.2, 0.25) is 0 Å². The summed E-state index contributed by atoms with van der Waals surface area (Å²) in [7, 11) is 0. The molecule has 0 amide bonds. The summed E-state index contributed by atoms with van der Waals surface area (Å²) in [5.41, 5.74) is 0. The molecule has 1 saturated carbocycles. The van der Waals surface area contributed by atoms with Crippen LogP contribution >= 0.6 is 0 Å². The van der Waals surface area contributed by atoms with Gasteiger partial charge in [0.15, 0.2) is 0 Å². The van der Waals surface area contributed by atoms with Gasteiger partial charge in [0.1, 0.15) is 0 Å². The predicted molar refractivity (Wildman–Crippen MR) is 66.5 cm³/mol. The largest absolute Gasteiger partial charge is 0.0654 e. The summed E-state index contributed by atoms with van der Waals surface area (Å²) in [5.74, 6) is 2.81. The van der Waals surface area contributed by atoms with Crippen LogP contribution in [0.1, 0.15) is 73.1 Å². The molecule has 0 atom stereocenters. The zero-order chi connectivity index (χ0) is 11.0. The first kappa shape index (κ1) is 14.0. The summed E-state index contributed by atoms with van der Waals surface area (Å²) in [5, 5.41) is 0. The molecule has 0 heterocycles. The van der Waals surface area contributed by atoms with Gasteiger partial charge in [-0.05, 0) is 17.8 Å². The molecule has 0 radical (unpaired) electrons. The molecule has 0 saturated heterocycles. The third-order valence-corrected chi connectivity index (χ3v) is 3.51. The lowest BCUT2D eigenvalue weighted by atomic mass is 10.0. The van der Waals surface area contributed by atoms with E-state index in [0.29, 0.717) is 0 Å². The predicted octanol–water partition coefficient (Wildman–Crippen LogP) is 5.28. The Morgan fingerprint density at radius 1 is 0.929 bits per heavy atom. The molecule has 0 aromatic rings. The highest BCUT2D eigenvalue weighted by molar-refractivity contribution is 4.65. The highest BCUT2D eigenvalue weighted by Crippen LogP contribution is 2.27. The van der Waals surface area contributed by atoms with Crippen LogP contribution in [-0.2, 0) is 0 Å². The fourth-order valence-electron chi connectivity index (χ4n) is 1.71. The average molecular weight is 198 g/mol. The highest BCUT2D eigenvalue weighted by Gasteiger charge is 2.12. The fraction of sp³-hybridized carbons (Fsp3) is 1.00. The minimum absolute atomic E-state index is 0.852. The van der Waals surface area contributed by atoms with Crippen molar-refractivity contribution in [2.75, 3.05) is 0 Å². The van der Waals surface area contributed by atoms with Crippen molar-refractivity contribution in [3.8, 4) is 0 Å². The first-order chi connectivity index (χ1) is 6.57. The molecule has 0 bridgehead atoms. The van der Waals surface area contributed by atoms with Crippen LogP contribution in [-0.4, -0.2) is 0 Å². The molecule has 0 heteroatoms. The van der Waals surface area contributed by atoms with Crippen molar-refractivity contribution in [1.82, 2.24) is 0 Å². The summed E-state index contributed by atoms with van der Waals surface area (Å²) in [6.07, 6.45) is 8.93. The Hall–Kier alpha value is 0. The zero-order valence-electron chi connectivity index (χ0n) is 11.0. The Morgan fingerprint density at radius 3 is 1.64 bits per heavy atom. The third kappa shape index (κ3) is 7.41. The van der Waals surface area contributed by atoms with Gasteiger partial charge >= 0.3 is 0 Å². The van der Waals surface area contributed by atoms with Crippen molar-refractivity contribution in [2.45, 2.75) is 73.1 Å². The lowest BCUT2D eigenvalue weighted by molar-refractivity contribution is 0.457. The zero-order valence-corrected chi connectivity index (χ0v) is 11.0. The van der Waals surface area contributed by atoms with Crippen molar-refractivity contribution in [2.24, 2.45) is 17.8 Å². The van der Waals surface area contributed by atoms with E-state index in [1.54, 1.807) is 0 Å². The van der Waals surface area contributed by atoms with Crippen LogP contribution < -0.4 is 0 Å². The molecule has 0 nitrogen and oxygen atoms in total. The smallest absolute Gasteiger partial charge is 0.0414 e. The maximum absolute atomic E-state index is 2.29. The van der Waals surface area contributed by atoms with E-state index in [0.717, 1.165) is 17.8 Å². The van der Waals surface area contributed by atoms with E-state index in [2.05, 4.69) is 34.6 Å². The van der Waals surface area contributed by atoms with E-state index in [4.69, 9.17) is 0 Å². The minimum Gasteiger partial charge on any atom is -0.0654 e. The van der Waals surface area contributed by atoms with Crippen molar-refractivity contribution in [3.63, 3.8) is 0 Å². The van der Waals surface area contributed by atoms with E-state index in [1.165, 1.54) is 38.5 Å². The first-order valence-corrected chi connectivity index (χ1v) is 6.57. The summed E-state index contributed by atoms with van der Waals surface area (Å²) in [6, 6.07) is 0. The van der Waals surface area contributed by atoms with Crippen molar-refractivity contribution >= 4 is 0 Å². The fourth-order valence-corrected chi connectivity index (χ4v) is 1.71. The standard InChI is InChI=1S/C8H16.C6H14/c1-2-5-8-6-3-4-7-8;1-5(2)6(3)4/h8H,2-7H2,1H3;5-6H,1-4H3. The Labute approximate surface area is 91.5 Å². The first-order valence-electron chi connectivity index (χ1n) is 6.57. The SMILES string of the molecule is CC(C)C(C)C.CCCC1CCCC1. The second-order valence-electron chi connectivity index (χ2n) is 5.43. The molecular weight excluding hydrogens is 168 g/mol. The summed E-state index contributed by atoms with van der Waals surface area (Å²) in [6.45, 7) is 11.3. The van der Waals surface area contributed by atoms with Crippen molar-refractivity contribution in [1.29, 1.82) is 0 Å². The van der Waals surface area contributed by atoms with Crippen molar-refractivity contribution < 1.29 is 0 Å². The quantitative estimate of drug-likeness (QED) is 0.579. The van der Waals surface area contributed by atoms with Gasteiger partial charge in [-0.3, -0.25) is 0 Å². The second kappa shape index (κ2) is 8.32. The molecule has 1 aliphatic rings. The molecule has 0 aromatic heterocycles. The van der Waals surface area contributed by atoms with Crippen LogP contribution in [0.3, 0.4) is 0 Å². The van der Waals surface area contributed by atoms with E-state index >= 15 is 0 Å². The molecule has 1 fully saturated rings. The molecule has 86 valence electrons. The molecule has 1 rings (SSSR count). The molecule has 0 unspecified atom stereocenters. The van der Waals surface area contributed by atoms with Crippen LogP contribution in [0.25, 0.3) is 0 Å². The number of rotatable bonds is 3. The molecule has 1 aliphatic carbocycles. The third-order valence-electron chi connectivity index (χ3n) is 3.51. The molecule has 0 spiro atoms. The molecule has 0 aliphatic heterocycles. The summed E-state index contributed by atoms with van der Waals surface area (Å²) >= 11 is 0. The van der Waals surface area contributed by atoms with Gasteiger partial charge < -0.3 is 0 Å². The summed E-state index contributed by atoms with van der Waals surface area (Å²) < 4.78 is 0. The van der Waals surface area contributed by atoms with Crippen molar-refractivity contribution in [3.05, 3.63) is 0 Å². The van der Waals surface area contributed by atoms with Gasteiger partial charge in [0.25, 0.3) is 0 Å². The summed E-state index contributed by atoms with van der Waals surface area (Å²) in [4.78, 5) is 0. The van der Waals surface area contributed by atoms with Gasteiger partial charge in [-0.25, -0.2) is 0 Å². The topological polar surface area (TPSA) is 0 Å². The Morgan fingerprint density at radius 2 is 1.36 bits per heavy atom. The van der Waals surface area contributed by atoms with Crippen LogP contribution in [0.5, 0.6) is 0 Å². The molecule has 0 aromatic carbocycles. The maximum Gasteiger partial charge on any atom is -0.0414 e. The van der Waals surface area contributed by atoms with E-state index < -0.39 is 0 Å². The van der Waals surface area contributed by atoms with Crippen LogP contribution in [0.15, 0.2) is 0 Å². The Bertz CT molecular complexity index is 101. The van der Waals surface area contributed by atoms with Gasteiger partial charge in [-0.2, -0.15) is 0 Å². The monoisotopic (exact) mass is 198 g/mol. The normalized spacial score (nSPS) is 17.4. The Balaban J connectivity index is 0.000000255. The Kier molecular flexibility index (Phi) is 8.32. The van der Waals surface area contributed by atoms with Gasteiger partial charge in [-0.1, -0.05) is 73.1 Å². The van der Waals surface area contributed by atoms with E-state index in [-0.39, 0.29) is 0 Å². The van der Waals surface area contributed by atoms with Crippen LogP contribution in [0, 0.1) is 17.8 Å². The van der Waals surface area contributed by atoms with Gasteiger partial charge in [-0.15, -0.1) is 0 Å². The van der Waals surface area contributed by atoms with Crippen LogP contribution in [0.2, 0.25) is 0 Å². The minimum atomic E-state index is 0.852. The molecular formula is C14H30. The van der Waals surface area contributed by atoms with E-state index in [1.807, 2.05) is 0 Å². The van der Waals surface area contributed by atoms with Gasteiger partial charge in [0.05, 0.1) is 0 Å². The highest BCUT2D eigenvalue weighted by atomic mass is 14.2. The second-order valence-corrected chi connectivity index (χ2v) is 5.43. The van der Waals surface area contributed by atoms with Crippen LogP contribution in [0.4, 0.5) is 0 Å². The number of hydrogen-bond acceptors (Lipinski definition) is 0. The van der Waals surface area contributed by atoms with E-state index in [9.17, 15) is 0 Å².